The van der Waals surface area contributed by atoms with E-state index in [1.54, 1.807) is 23.6 Å². The Balaban J connectivity index is 2.01. The molecule has 0 aliphatic carbocycles. The van der Waals surface area contributed by atoms with Crippen LogP contribution < -0.4 is 5.32 Å². The van der Waals surface area contributed by atoms with E-state index in [9.17, 15) is 9.59 Å². The van der Waals surface area contributed by atoms with Gasteiger partial charge >= 0.3 is 0 Å². The number of hydrogen-bond acceptors (Lipinski definition) is 3. The van der Waals surface area contributed by atoms with Crippen molar-refractivity contribution in [2.24, 2.45) is 5.92 Å². The molecule has 0 fully saturated rings. The second kappa shape index (κ2) is 11.9. The summed E-state index contributed by atoms with van der Waals surface area (Å²) in [6.45, 7) is 6.91. The van der Waals surface area contributed by atoms with E-state index >= 15 is 0 Å². The zero-order valence-corrected chi connectivity index (χ0v) is 18.8. The van der Waals surface area contributed by atoms with Gasteiger partial charge in [-0.15, -0.1) is 11.8 Å². The third-order valence-electron chi connectivity index (χ3n) is 4.45. The predicted octanol–water partition coefficient (Wildman–Crippen LogP) is 5.01. The monoisotopic (exact) mass is 432 g/mol. The van der Waals surface area contributed by atoms with Gasteiger partial charge in [0.25, 0.3) is 0 Å². The third kappa shape index (κ3) is 8.11. The number of rotatable bonds is 10. The molecule has 2 aromatic carbocycles. The zero-order chi connectivity index (χ0) is 21.2. The van der Waals surface area contributed by atoms with Crippen LogP contribution >= 0.6 is 23.4 Å². The highest BCUT2D eigenvalue weighted by Crippen LogP contribution is 2.22. The van der Waals surface area contributed by atoms with Gasteiger partial charge in [-0.3, -0.25) is 9.59 Å². The molecule has 0 heterocycles. The molecule has 0 spiro atoms. The highest BCUT2D eigenvalue weighted by Gasteiger charge is 2.25. The molecule has 0 aromatic heterocycles. The molecule has 0 unspecified atom stereocenters. The van der Waals surface area contributed by atoms with E-state index in [1.807, 2.05) is 68.4 Å². The van der Waals surface area contributed by atoms with Crippen molar-refractivity contribution in [2.45, 2.75) is 44.7 Å². The molecule has 29 heavy (non-hydrogen) atoms. The van der Waals surface area contributed by atoms with Crippen LogP contribution in [0.3, 0.4) is 0 Å². The molecule has 4 nitrogen and oxygen atoms in total. The zero-order valence-electron chi connectivity index (χ0n) is 17.2. The number of nitrogens with one attached hydrogen (secondary N) is 1. The maximum absolute atomic E-state index is 13.0. The number of thioether (sulfide) groups is 1. The molecule has 156 valence electrons. The lowest BCUT2D eigenvalue weighted by Gasteiger charge is -2.29. The van der Waals surface area contributed by atoms with Gasteiger partial charge < -0.3 is 10.2 Å². The highest BCUT2D eigenvalue weighted by molar-refractivity contribution is 7.99. The lowest BCUT2D eigenvalue weighted by atomic mass is 10.1. The maximum atomic E-state index is 13.0. The molecule has 0 saturated carbocycles. The van der Waals surface area contributed by atoms with Crippen LogP contribution in [0.2, 0.25) is 5.02 Å². The Morgan fingerprint density at radius 2 is 1.69 bits per heavy atom. The van der Waals surface area contributed by atoms with Crippen LogP contribution in [0.15, 0.2) is 59.5 Å². The van der Waals surface area contributed by atoms with Crippen molar-refractivity contribution >= 4 is 35.2 Å². The lowest BCUT2D eigenvalue weighted by Crippen LogP contribution is -2.48. The Morgan fingerprint density at radius 3 is 2.31 bits per heavy atom. The number of halogens is 1. The number of benzene rings is 2. The van der Waals surface area contributed by atoms with E-state index in [2.05, 4.69) is 5.32 Å². The van der Waals surface area contributed by atoms with Crippen LogP contribution in [0, 0.1) is 5.92 Å². The molecular weight excluding hydrogens is 404 g/mol. The third-order valence-corrected chi connectivity index (χ3v) is 5.71. The minimum atomic E-state index is -0.526. The van der Waals surface area contributed by atoms with Crippen molar-refractivity contribution in [1.29, 1.82) is 0 Å². The van der Waals surface area contributed by atoms with E-state index in [1.165, 1.54) is 0 Å². The summed E-state index contributed by atoms with van der Waals surface area (Å²) >= 11 is 7.53. The summed E-state index contributed by atoms with van der Waals surface area (Å²) in [5, 5.41) is 3.63. The number of nitrogens with zero attached hydrogens (tertiary/aromatic N) is 1. The number of hydrogen-bond donors (Lipinski definition) is 1. The second-order valence-electron chi connectivity index (χ2n) is 7.37. The van der Waals surface area contributed by atoms with E-state index in [0.29, 0.717) is 36.2 Å². The van der Waals surface area contributed by atoms with Crippen LogP contribution in [0.5, 0.6) is 0 Å². The van der Waals surface area contributed by atoms with Gasteiger partial charge in [0.05, 0.1) is 0 Å². The van der Waals surface area contributed by atoms with E-state index in [0.717, 1.165) is 10.5 Å². The van der Waals surface area contributed by atoms with Gasteiger partial charge in [-0.05, 0) is 42.7 Å². The Kier molecular flexibility index (Phi) is 9.55. The Morgan fingerprint density at radius 1 is 1.03 bits per heavy atom. The standard InChI is InChI=1S/C23H29ClN2O2S/c1-17(2)15-25-23(28)18(3)26(16-19-7-5-4-6-8-19)22(27)13-14-29-21-11-9-20(24)10-12-21/h4-12,17-18H,13-16H2,1-3H3,(H,25,28)/t18-/m0/s1. The first-order chi connectivity index (χ1) is 13.9. The summed E-state index contributed by atoms with van der Waals surface area (Å²) in [6, 6.07) is 16.8. The fourth-order valence-corrected chi connectivity index (χ4v) is 3.71. The quantitative estimate of drug-likeness (QED) is 0.537. The number of carbonyl (C=O) groups is 2. The molecule has 0 bridgehead atoms. The fraction of sp³-hybridized carbons (Fsp3) is 0.391. The molecule has 1 atom stereocenters. The first-order valence-electron chi connectivity index (χ1n) is 9.86. The van der Waals surface area contributed by atoms with Gasteiger partial charge in [0.2, 0.25) is 11.8 Å². The molecule has 0 aliphatic rings. The minimum absolute atomic E-state index is 0.0255. The van der Waals surface area contributed by atoms with Crippen molar-refractivity contribution < 1.29 is 9.59 Å². The normalized spacial score (nSPS) is 11.9. The van der Waals surface area contributed by atoms with Crippen molar-refractivity contribution in [3.05, 3.63) is 65.2 Å². The van der Waals surface area contributed by atoms with E-state index in [-0.39, 0.29) is 11.8 Å². The molecule has 2 amide bonds. The predicted molar refractivity (Wildman–Crippen MR) is 121 cm³/mol. The molecule has 0 radical (unpaired) electrons. The van der Waals surface area contributed by atoms with Gasteiger partial charge in [-0.25, -0.2) is 0 Å². The Hall–Kier alpha value is -1.98. The lowest BCUT2D eigenvalue weighted by molar-refractivity contribution is -0.140. The van der Waals surface area contributed by atoms with Gasteiger partial charge in [0.1, 0.15) is 6.04 Å². The van der Waals surface area contributed by atoms with E-state index in [4.69, 9.17) is 11.6 Å². The summed E-state index contributed by atoms with van der Waals surface area (Å²) in [6.07, 6.45) is 0.363. The SMILES string of the molecule is CC(C)CNC(=O)[C@H](C)N(Cc1ccccc1)C(=O)CCSc1ccc(Cl)cc1. The Labute approximate surface area is 183 Å². The maximum Gasteiger partial charge on any atom is 0.242 e. The highest BCUT2D eigenvalue weighted by atomic mass is 35.5. The first kappa shape index (κ1) is 23.3. The Bertz CT molecular complexity index is 781. The molecule has 1 N–H and O–H groups in total. The summed E-state index contributed by atoms with van der Waals surface area (Å²) in [5.74, 6) is 0.863. The van der Waals surface area contributed by atoms with Crippen LogP contribution in [0.1, 0.15) is 32.8 Å². The minimum Gasteiger partial charge on any atom is -0.354 e. The molecule has 0 saturated heterocycles. The van der Waals surface area contributed by atoms with E-state index < -0.39 is 6.04 Å². The van der Waals surface area contributed by atoms with Crippen LogP contribution in [0.25, 0.3) is 0 Å². The van der Waals surface area contributed by atoms with Gasteiger partial charge in [-0.1, -0.05) is 55.8 Å². The van der Waals surface area contributed by atoms with Gasteiger partial charge in [0.15, 0.2) is 0 Å². The summed E-state index contributed by atoms with van der Waals surface area (Å²) in [4.78, 5) is 28.3. The summed E-state index contributed by atoms with van der Waals surface area (Å²) in [5.41, 5.74) is 1.01. The average molecular weight is 433 g/mol. The van der Waals surface area contributed by atoms with Crippen molar-refractivity contribution in [3.8, 4) is 0 Å². The number of carbonyl (C=O) groups excluding carboxylic acids is 2. The fourth-order valence-electron chi connectivity index (χ4n) is 2.75. The van der Waals surface area contributed by atoms with Crippen LogP contribution in [0.4, 0.5) is 0 Å². The largest absolute Gasteiger partial charge is 0.354 e. The molecule has 6 heteroatoms. The first-order valence-corrected chi connectivity index (χ1v) is 11.2. The van der Waals surface area contributed by atoms with Crippen LogP contribution in [-0.4, -0.2) is 35.1 Å². The number of amides is 2. The average Bonchev–Trinajstić information content (AvgIpc) is 2.71. The van der Waals surface area contributed by atoms with Gasteiger partial charge in [-0.2, -0.15) is 0 Å². The summed E-state index contributed by atoms with van der Waals surface area (Å²) in [7, 11) is 0. The molecule has 2 rings (SSSR count). The smallest absolute Gasteiger partial charge is 0.242 e. The van der Waals surface area contributed by atoms with Gasteiger partial charge in [0, 0.05) is 35.2 Å². The van der Waals surface area contributed by atoms with Crippen molar-refractivity contribution in [2.75, 3.05) is 12.3 Å². The van der Waals surface area contributed by atoms with Crippen LogP contribution in [-0.2, 0) is 16.1 Å². The van der Waals surface area contributed by atoms with Crippen molar-refractivity contribution in [1.82, 2.24) is 10.2 Å². The molecular formula is C23H29ClN2O2S. The second-order valence-corrected chi connectivity index (χ2v) is 8.98. The topological polar surface area (TPSA) is 49.4 Å². The van der Waals surface area contributed by atoms with Crippen molar-refractivity contribution in [3.63, 3.8) is 0 Å². The molecule has 0 aliphatic heterocycles. The molecule has 2 aromatic rings. The summed E-state index contributed by atoms with van der Waals surface area (Å²) < 4.78 is 0.